The first-order valence-corrected chi connectivity index (χ1v) is 7.43. The van der Waals surface area contributed by atoms with Crippen LogP contribution in [0.1, 0.15) is 20.0 Å². The quantitative estimate of drug-likeness (QED) is 0.580. The third kappa shape index (κ3) is 4.52. The van der Waals surface area contributed by atoms with Gasteiger partial charge in [-0.05, 0) is 41.9 Å². The first kappa shape index (κ1) is 15.4. The molecule has 1 aromatic heterocycles. The van der Waals surface area contributed by atoms with Gasteiger partial charge in [-0.25, -0.2) is 0 Å². The van der Waals surface area contributed by atoms with Crippen LogP contribution in [-0.2, 0) is 0 Å². The van der Waals surface area contributed by atoms with E-state index < -0.39 is 5.91 Å². The van der Waals surface area contributed by atoms with Crippen LogP contribution in [0.5, 0.6) is 0 Å². The Labute approximate surface area is 135 Å². The zero-order valence-corrected chi connectivity index (χ0v) is 12.9. The number of benzene rings is 1. The molecule has 0 aliphatic rings. The van der Waals surface area contributed by atoms with Crippen LogP contribution in [-0.4, -0.2) is 16.9 Å². The van der Waals surface area contributed by atoms with E-state index >= 15 is 0 Å². The number of carbonyl (C=O) groups excluding carboxylic acids is 2. The van der Waals surface area contributed by atoms with Crippen LogP contribution >= 0.6 is 35.2 Å². The summed E-state index contributed by atoms with van der Waals surface area (Å²) in [6, 6.07) is 9.89. The van der Waals surface area contributed by atoms with Crippen LogP contribution in [0.4, 0.5) is 0 Å². The lowest BCUT2D eigenvalue weighted by atomic mass is 10.2. The van der Waals surface area contributed by atoms with Gasteiger partial charge in [-0.1, -0.05) is 23.7 Å². The monoisotopic (exact) mass is 339 g/mol. The molecule has 0 saturated heterocycles. The maximum Gasteiger partial charge on any atom is 0.269 e. The van der Waals surface area contributed by atoms with Crippen molar-refractivity contribution < 1.29 is 9.59 Å². The molecule has 0 bridgehead atoms. The SMILES string of the molecule is O=C(NNC(=S)NC(=O)c1cccs1)c1cccc(Cl)c1. The topological polar surface area (TPSA) is 70.2 Å². The summed E-state index contributed by atoms with van der Waals surface area (Å²) in [6.07, 6.45) is 0. The van der Waals surface area contributed by atoms with Crippen LogP contribution < -0.4 is 16.2 Å². The summed E-state index contributed by atoms with van der Waals surface area (Å²) in [4.78, 5) is 24.1. The summed E-state index contributed by atoms with van der Waals surface area (Å²) < 4.78 is 0. The number of nitrogens with one attached hydrogen (secondary N) is 3. The first-order valence-electron chi connectivity index (χ1n) is 5.77. The van der Waals surface area contributed by atoms with Crippen LogP contribution in [0.25, 0.3) is 0 Å². The van der Waals surface area contributed by atoms with Gasteiger partial charge in [-0.3, -0.25) is 25.8 Å². The molecule has 3 N–H and O–H groups in total. The van der Waals surface area contributed by atoms with Gasteiger partial charge in [0.1, 0.15) is 0 Å². The highest BCUT2D eigenvalue weighted by molar-refractivity contribution is 7.80. The molecular weight excluding hydrogens is 330 g/mol. The molecule has 0 spiro atoms. The molecule has 0 saturated carbocycles. The van der Waals surface area contributed by atoms with E-state index in [1.54, 1.807) is 35.7 Å². The van der Waals surface area contributed by atoms with Crippen LogP contribution in [0, 0.1) is 0 Å². The molecule has 1 aromatic carbocycles. The third-order valence-corrected chi connectivity index (χ3v) is 3.66. The van der Waals surface area contributed by atoms with Gasteiger partial charge in [0.15, 0.2) is 5.11 Å². The Morgan fingerprint density at radius 3 is 2.57 bits per heavy atom. The molecule has 2 rings (SSSR count). The van der Waals surface area contributed by atoms with E-state index in [2.05, 4.69) is 16.2 Å². The molecule has 2 aromatic rings. The number of thiophene rings is 1. The number of thiocarbonyl (C=S) groups is 1. The molecule has 0 unspecified atom stereocenters. The fourth-order valence-corrected chi connectivity index (χ4v) is 2.37. The highest BCUT2D eigenvalue weighted by Gasteiger charge is 2.10. The molecule has 108 valence electrons. The lowest BCUT2D eigenvalue weighted by molar-refractivity contribution is 0.0935. The number of hydrogen-bond acceptors (Lipinski definition) is 4. The Morgan fingerprint density at radius 1 is 1.10 bits per heavy atom. The van der Waals surface area contributed by atoms with Crippen molar-refractivity contribution in [3.05, 3.63) is 57.2 Å². The minimum absolute atomic E-state index is 0.00350. The smallest absolute Gasteiger partial charge is 0.269 e. The van der Waals surface area contributed by atoms with Gasteiger partial charge in [-0.2, -0.15) is 0 Å². The van der Waals surface area contributed by atoms with Crippen molar-refractivity contribution in [1.82, 2.24) is 16.2 Å². The molecule has 0 radical (unpaired) electrons. The molecule has 2 amide bonds. The zero-order chi connectivity index (χ0) is 15.2. The summed E-state index contributed by atoms with van der Waals surface area (Å²) in [6.45, 7) is 0. The van der Waals surface area contributed by atoms with Gasteiger partial charge in [-0.15, -0.1) is 11.3 Å². The molecule has 0 aliphatic carbocycles. The van der Waals surface area contributed by atoms with Crippen molar-refractivity contribution in [2.45, 2.75) is 0 Å². The molecule has 0 atom stereocenters. The number of halogens is 1. The molecule has 5 nitrogen and oxygen atoms in total. The number of carbonyl (C=O) groups is 2. The Morgan fingerprint density at radius 2 is 1.90 bits per heavy atom. The Balaban J connectivity index is 1.84. The average molecular weight is 340 g/mol. The van der Waals surface area contributed by atoms with Gasteiger partial charge in [0, 0.05) is 10.6 Å². The minimum atomic E-state index is -0.412. The number of hydrazine groups is 1. The average Bonchev–Trinajstić information content (AvgIpc) is 2.99. The van der Waals surface area contributed by atoms with E-state index in [1.165, 1.54) is 17.4 Å². The van der Waals surface area contributed by atoms with Crippen molar-refractivity contribution in [2.75, 3.05) is 0 Å². The molecule has 1 heterocycles. The van der Waals surface area contributed by atoms with E-state index in [0.29, 0.717) is 15.5 Å². The Bertz CT molecular complexity index is 674. The van der Waals surface area contributed by atoms with E-state index in [4.69, 9.17) is 23.8 Å². The molecule has 8 heteroatoms. The summed E-state index contributed by atoms with van der Waals surface area (Å²) in [5, 5.41) is 4.69. The highest BCUT2D eigenvalue weighted by atomic mass is 35.5. The van der Waals surface area contributed by atoms with Gasteiger partial charge in [0.05, 0.1) is 4.88 Å². The molecule has 0 fully saturated rings. The first-order chi connectivity index (χ1) is 10.1. The fraction of sp³-hybridized carbons (Fsp3) is 0. The number of amides is 2. The van der Waals surface area contributed by atoms with Crippen molar-refractivity contribution >= 4 is 52.1 Å². The lowest BCUT2D eigenvalue weighted by Gasteiger charge is -2.10. The van der Waals surface area contributed by atoms with Crippen LogP contribution in [0.3, 0.4) is 0 Å². The number of rotatable bonds is 2. The van der Waals surface area contributed by atoms with Gasteiger partial charge in [0.25, 0.3) is 11.8 Å². The second kappa shape index (κ2) is 7.16. The maximum absolute atomic E-state index is 11.8. The summed E-state index contributed by atoms with van der Waals surface area (Å²) in [5.74, 6) is -0.746. The zero-order valence-electron chi connectivity index (χ0n) is 10.6. The fourth-order valence-electron chi connectivity index (χ4n) is 1.42. The van der Waals surface area contributed by atoms with Crippen molar-refractivity contribution in [3.63, 3.8) is 0 Å². The van der Waals surface area contributed by atoms with Gasteiger partial charge >= 0.3 is 0 Å². The van der Waals surface area contributed by atoms with Crippen LogP contribution in [0.2, 0.25) is 5.02 Å². The number of hydrogen-bond donors (Lipinski definition) is 3. The maximum atomic E-state index is 11.8. The van der Waals surface area contributed by atoms with Crippen LogP contribution in [0.15, 0.2) is 41.8 Å². The second-order valence-corrected chi connectivity index (χ2v) is 5.64. The Hall–Kier alpha value is -1.96. The lowest BCUT2D eigenvalue weighted by Crippen LogP contribution is -2.48. The van der Waals surface area contributed by atoms with Crippen molar-refractivity contribution in [3.8, 4) is 0 Å². The highest BCUT2D eigenvalue weighted by Crippen LogP contribution is 2.10. The summed E-state index contributed by atoms with van der Waals surface area (Å²) in [7, 11) is 0. The van der Waals surface area contributed by atoms with Crippen molar-refractivity contribution in [1.29, 1.82) is 0 Å². The summed E-state index contributed by atoms with van der Waals surface area (Å²) >= 11 is 12.0. The van der Waals surface area contributed by atoms with Gasteiger partial charge < -0.3 is 0 Å². The van der Waals surface area contributed by atoms with Crippen molar-refractivity contribution in [2.24, 2.45) is 0 Å². The predicted molar refractivity (Wildman–Crippen MR) is 86.4 cm³/mol. The van der Waals surface area contributed by atoms with E-state index in [0.717, 1.165) is 0 Å². The second-order valence-electron chi connectivity index (χ2n) is 3.85. The Kier molecular flexibility index (Phi) is 5.26. The van der Waals surface area contributed by atoms with E-state index in [9.17, 15) is 9.59 Å². The normalized spacial score (nSPS) is 9.76. The van der Waals surface area contributed by atoms with E-state index in [1.807, 2.05) is 0 Å². The third-order valence-electron chi connectivity index (χ3n) is 2.35. The molecule has 0 aliphatic heterocycles. The van der Waals surface area contributed by atoms with E-state index in [-0.39, 0.29) is 11.0 Å². The minimum Gasteiger partial charge on any atom is -0.297 e. The predicted octanol–water partition coefficient (Wildman–Crippen LogP) is 2.35. The largest absolute Gasteiger partial charge is 0.297 e. The standard InChI is InChI=1S/C13H10ClN3O2S2/c14-9-4-1-3-8(7-9)11(18)16-17-13(20)15-12(19)10-5-2-6-21-10/h1-7H,(H,16,18)(H2,15,17,19,20). The molecular formula is C13H10ClN3O2S2. The molecule has 21 heavy (non-hydrogen) atoms. The van der Waals surface area contributed by atoms with Gasteiger partial charge in [0.2, 0.25) is 0 Å². The summed E-state index contributed by atoms with van der Waals surface area (Å²) in [5.41, 5.74) is 5.21.